The predicted octanol–water partition coefficient (Wildman–Crippen LogP) is 6.41. The lowest BCUT2D eigenvalue weighted by molar-refractivity contribution is -0.139. The molecular formula is C31H48F3N3O6. The molecule has 1 amide bonds. The number of aromatic nitrogens is 2. The van der Waals surface area contributed by atoms with Crippen molar-refractivity contribution >= 4 is 6.09 Å². The Kier molecular flexibility index (Phi) is 16.5. The van der Waals surface area contributed by atoms with Gasteiger partial charge in [-0.1, -0.05) is 90.4 Å². The van der Waals surface area contributed by atoms with Gasteiger partial charge in [0.05, 0.1) is 6.10 Å². The zero-order valence-electron chi connectivity index (χ0n) is 25.6. The molecule has 0 aromatic carbocycles. The number of carbonyl (C=O) groups is 1. The van der Waals surface area contributed by atoms with E-state index in [1.165, 1.54) is 57.8 Å². The summed E-state index contributed by atoms with van der Waals surface area (Å²) in [5.41, 5.74) is -4.13. The topological polar surface area (TPSA) is 103 Å². The summed E-state index contributed by atoms with van der Waals surface area (Å²) >= 11 is 0. The molecular weight excluding hydrogens is 567 g/mol. The minimum Gasteiger partial charge on any atom is -0.447 e. The number of nitrogens with one attached hydrogen (secondary N) is 1. The molecule has 0 radical (unpaired) electrons. The van der Waals surface area contributed by atoms with Crippen LogP contribution in [0.1, 0.15) is 116 Å². The molecule has 9 nitrogen and oxygen atoms in total. The van der Waals surface area contributed by atoms with Gasteiger partial charge in [-0.15, -0.1) is 6.42 Å². The summed E-state index contributed by atoms with van der Waals surface area (Å²) < 4.78 is 57.4. The fourth-order valence-electron chi connectivity index (χ4n) is 5.21. The third kappa shape index (κ3) is 12.8. The highest BCUT2D eigenvalue weighted by Gasteiger charge is 2.41. The average Bonchev–Trinajstić information content (AvgIpc) is 3.36. The standard InChI is InChI=1S/C31H48F3N3O6/c1-4-7-8-9-10-11-12-13-14-15-16-17-19-36(18-5-2)30(40)42-23-26-25(41-20-6-3)21-27(43-26)37-22-24(31(32,33)34)28(38)35-29(37)39/h3,22,25-27H,4-5,7-21,23H2,1-2H3,(H,35,38,39)/t25-,26+,27+/m0/s1. The summed E-state index contributed by atoms with van der Waals surface area (Å²) in [5, 5.41) is 0. The van der Waals surface area contributed by atoms with Crippen LogP contribution in [0.4, 0.5) is 18.0 Å². The lowest BCUT2D eigenvalue weighted by Crippen LogP contribution is -2.37. The fourth-order valence-corrected chi connectivity index (χ4v) is 5.21. The Bertz CT molecular complexity index is 1110. The molecule has 12 heteroatoms. The first kappa shape index (κ1) is 36.4. The Hall–Kier alpha value is -2.78. The van der Waals surface area contributed by atoms with Crippen LogP contribution in [0.2, 0.25) is 0 Å². The SMILES string of the molecule is C#CCO[C@H]1C[C@H](n2cc(C(F)(F)F)c(=O)[nH]c2=O)O[C@@H]1COC(=O)N(CCC)CCCCCCCCCCCCCC. The van der Waals surface area contributed by atoms with Gasteiger partial charge < -0.3 is 19.1 Å². The number of nitrogens with zero attached hydrogens (tertiary/aromatic N) is 2. The number of ether oxygens (including phenoxy) is 3. The first-order chi connectivity index (χ1) is 20.6. The molecule has 1 aromatic heterocycles. The van der Waals surface area contributed by atoms with Gasteiger partial charge in [-0.25, -0.2) is 9.59 Å². The van der Waals surface area contributed by atoms with E-state index in [4.69, 9.17) is 20.6 Å². The van der Waals surface area contributed by atoms with E-state index < -0.39 is 47.5 Å². The molecule has 0 aliphatic carbocycles. The Morgan fingerprint density at radius 2 is 1.63 bits per heavy atom. The van der Waals surface area contributed by atoms with Crippen LogP contribution < -0.4 is 11.2 Å². The van der Waals surface area contributed by atoms with E-state index in [2.05, 4.69) is 12.8 Å². The Morgan fingerprint density at radius 1 is 1.02 bits per heavy atom. The molecule has 0 spiro atoms. The quantitative estimate of drug-likeness (QED) is 0.134. The van der Waals surface area contributed by atoms with E-state index in [1.807, 2.05) is 6.92 Å². The second kappa shape index (κ2) is 19.5. The Morgan fingerprint density at radius 3 is 2.19 bits per heavy atom. The van der Waals surface area contributed by atoms with Crippen molar-refractivity contribution in [2.45, 2.75) is 128 Å². The van der Waals surface area contributed by atoms with Gasteiger partial charge in [0.2, 0.25) is 0 Å². The van der Waals surface area contributed by atoms with Crippen LogP contribution in [0.15, 0.2) is 15.8 Å². The number of rotatable bonds is 20. The predicted molar refractivity (Wildman–Crippen MR) is 158 cm³/mol. The van der Waals surface area contributed by atoms with E-state index >= 15 is 0 Å². The second-order valence-corrected chi connectivity index (χ2v) is 11.1. The zero-order chi connectivity index (χ0) is 31.7. The van der Waals surface area contributed by atoms with Crippen molar-refractivity contribution in [2.75, 3.05) is 26.3 Å². The number of aromatic amines is 1. The number of halogens is 3. The zero-order valence-corrected chi connectivity index (χ0v) is 25.6. The molecule has 1 aliphatic heterocycles. The molecule has 2 heterocycles. The highest BCUT2D eigenvalue weighted by atomic mass is 19.4. The van der Waals surface area contributed by atoms with Gasteiger partial charge >= 0.3 is 18.0 Å². The molecule has 0 saturated carbocycles. The number of alkyl halides is 3. The maximum atomic E-state index is 13.3. The Labute approximate surface area is 252 Å². The number of hydrogen-bond donors (Lipinski definition) is 1. The third-order valence-electron chi connectivity index (χ3n) is 7.55. The van der Waals surface area contributed by atoms with Gasteiger partial charge in [0.1, 0.15) is 31.1 Å². The van der Waals surface area contributed by atoms with Crippen LogP contribution >= 0.6 is 0 Å². The summed E-state index contributed by atoms with van der Waals surface area (Å²) in [4.78, 5) is 40.2. The molecule has 1 saturated heterocycles. The molecule has 3 atom stereocenters. The van der Waals surface area contributed by atoms with Crippen molar-refractivity contribution in [1.29, 1.82) is 0 Å². The van der Waals surface area contributed by atoms with Crippen molar-refractivity contribution in [1.82, 2.24) is 14.5 Å². The number of carbonyl (C=O) groups excluding carboxylic acids is 1. The summed E-state index contributed by atoms with van der Waals surface area (Å²) in [6.07, 6.45) is 12.7. The minimum absolute atomic E-state index is 0.0370. The van der Waals surface area contributed by atoms with E-state index in [0.717, 1.165) is 25.7 Å². The highest BCUT2D eigenvalue weighted by molar-refractivity contribution is 5.67. The van der Waals surface area contributed by atoms with Crippen molar-refractivity contribution < 1.29 is 32.2 Å². The summed E-state index contributed by atoms with van der Waals surface area (Å²) in [6, 6.07) is 0. The molecule has 244 valence electrons. The normalized spacial score (nSPS) is 18.5. The molecule has 2 rings (SSSR count). The smallest absolute Gasteiger partial charge is 0.423 e. The van der Waals surface area contributed by atoms with Gasteiger partial charge in [0, 0.05) is 25.7 Å². The summed E-state index contributed by atoms with van der Waals surface area (Å²) in [5.74, 6) is 2.32. The van der Waals surface area contributed by atoms with E-state index in [0.29, 0.717) is 23.9 Å². The van der Waals surface area contributed by atoms with Gasteiger partial charge in [-0.05, 0) is 12.8 Å². The number of H-pyrrole nitrogens is 1. The van der Waals surface area contributed by atoms with E-state index in [9.17, 15) is 27.6 Å². The molecule has 0 bridgehead atoms. The minimum atomic E-state index is -4.97. The first-order valence-electron chi connectivity index (χ1n) is 15.7. The van der Waals surface area contributed by atoms with Crippen molar-refractivity contribution in [2.24, 2.45) is 0 Å². The van der Waals surface area contributed by atoms with E-state index in [-0.39, 0.29) is 19.6 Å². The van der Waals surface area contributed by atoms with Crippen LogP contribution in [-0.4, -0.2) is 59.1 Å². The van der Waals surface area contributed by atoms with Crippen molar-refractivity contribution in [3.8, 4) is 12.3 Å². The first-order valence-corrected chi connectivity index (χ1v) is 15.7. The van der Waals surface area contributed by atoms with E-state index in [1.54, 1.807) is 9.88 Å². The van der Waals surface area contributed by atoms with Crippen molar-refractivity contribution in [3.63, 3.8) is 0 Å². The van der Waals surface area contributed by atoms with Gasteiger partial charge in [-0.2, -0.15) is 13.2 Å². The molecule has 1 N–H and O–H groups in total. The number of amides is 1. The monoisotopic (exact) mass is 615 g/mol. The van der Waals surface area contributed by atoms with Gasteiger partial charge in [0.15, 0.2) is 0 Å². The number of hydrogen-bond acceptors (Lipinski definition) is 6. The lowest BCUT2D eigenvalue weighted by atomic mass is 10.1. The average molecular weight is 616 g/mol. The van der Waals surface area contributed by atoms with Crippen LogP contribution in [-0.2, 0) is 20.4 Å². The van der Waals surface area contributed by atoms with Gasteiger partial charge in [-0.3, -0.25) is 14.3 Å². The maximum Gasteiger partial charge on any atom is 0.423 e. The van der Waals surface area contributed by atoms with Crippen LogP contribution in [0, 0.1) is 12.3 Å². The lowest BCUT2D eigenvalue weighted by Gasteiger charge is -2.24. The Balaban J connectivity index is 1.85. The second-order valence-electron chi connectivity index (χ2n) is 11.1. The third-order valence-corrected chi connectivity index (χ3v) is 7.55. The summed E-state index contributed by atoms with van der Waals surface area (Å²) in [6.45, 7) is 4.92. The van der Waals surface area contributed by atoms with Gasteiger partial charge in [0.25, 0.3) is 5.56 Å². The number of terminal acetylenes is 1. The number of unbranched alkanes of at least 4 members (excludes halogenated alkanes) is 11. The summed E-state index contributed by atoms with van der Waals surface area (Å²) in [7, 11) is 0. The molecule has 0 unspecified atom stereocenters. The maximum absolute atomic E-state index is 13.3. The fraction of sp³-hybridized carbons (Fsp3) is 0.774. The largest absolute Gasteiger partial charge is 0.447 e. The van der Waals surface area contributed by atoms with Crippen LogP contribution in [0.3, 0.4) is 0 Å². The van der Waals surface area contributed by atoms with Crippen molar-refractivity contribution in [3.05, 3.63) is 32.6 Å². The molecule has 1 aromatic rings. The molecule has 43 heavy (non-hydrogen) atoms. The van der Waals surface area contributed by atoms with Crippen LogP contribution in [0.25, 0.3) is 0 Å². The van der Waals surface area contributed by atoms with Crippen LogP contribution in [0.5, 0.6) is 0 Å². The molecule has 1 aliphatic rings. The highest BCUT2D eigenvalue weighted by Crippen LogP contribution is 2.32. The molecule has 1 fully saturated rings.